The lowest BCUT2D eigenvalue weighted by Gasteiger charge is -2.10. The van der Waals surface area contributed by atoms with Crippen molar-refractivity contribution in [2.24, 2.45) is 0 Å². The number of aromatic nitrogens is 2. The molecule has 0 spiro atoms. The van der Waals surface area contributed by atoms with Gasteiger partial charge in [0.15, 0.2) is 0 Å². The molecule has 0 bridgehead atoms. The molecule has 7 heteroatoms. The summed E-state index contributed by atoms with van der Waals surface area (Å²) in [6, 6.07) is 0. The van der Waals surface area contributed by atoms with E-state index in [2.05, 4.69) is 38.6 Å². The van der Waals surface area contributed by atoms with Crippen molar-refractivity contribution in [3.05, 3.63) is 21.0 Å². The van der Waals surface area contributed by atoms with Gasteiger partial charge in [-0.1, -0.05) is 6.92 Å². The van der Waals surface area contributed by atoms with Gasteiger partial charge in [-0.15, -0.1) is 0 Å². The summed E-state index contributed by atoms with van der Waals surface area (Å²) in [7, 11) is 1.60. The smallest absolute Gasteiger partial charge is 0.283 e. The van der Waals surface area contributed by atoms with Gasteiger partial charge in [0.2, 0.25) is 0 Å². The van der Waals surface area contributed by atoms with Gasteiger partial charge in [-0.3, -0.25) is 4.79 Å². The molecule has 0 fully saturated rings. The molecule has 19 heavy (non-hydrogen) atoms. The summed E-state index contributed by atoms with van der Waals surface area (Å²) < 4.78 is 6.83. The van der Waals surface area contributed by atoms with Crippen LogP contribution in [0, 0.1) is 0 Å². The first-order chi connectivity index (χ1) is 9.20. The van der Waals surface area contributed by atoms with Crippen LogP contribution in [0.2, 0.25) is 0 Å². The summed E-state index contributed by atoms with van der Waals surface area (Å²) in [5.41, 5.74) is 0.570. The minimum atomic E-state index is -0.149. The summed E-state index contributed by atoms with van der Waals surface area (Å²) in [5, 5.41) is 10.6. The summed E-state index contributed by atoms with van der Waals surface area (Å²) in [6.07, 6.45) is 2.77. The highest BCUT2D eigenvalue weighted by Crippen LogP contribution is 2.15. The van der Waals surface area contributed by atoms with E-state index in [-0.39, 0.29) is 5.56 Å². The number of methoxy groups -OCH3 is 1. The Morgan fingerprint density at radius 1 is 1.42 bits per heavy atom. The second kappa shape index (κ2) is 9.06. The first-order valence-electron chi connectivity index (χ1n) is 6.39. The van der Waals surface area contributed by atoms with Crippen LogP contribution in [0.15, 0.2) is 15.5 Å². The minimum Gasteiger partial charge on any atom is -0.383 e. The molecular weight excluding hydrogens is 312 g/mol. The van der Waals surface area contributed by atoms with E-state index in [1.165, 1.54) is 4.68 Å². The first-order valence-corrected chi connectivity index (χ1v) is 7.19. The third kappa shape index (κ3) is 5.30. The molecule has 0 amide bonds. The van der Waals surface area contributed by atoms with Crippen LogP contribution in [0.5, 0.6) is 0 Å². The largest absolute Gasteiger partial charge is 0.383 e. The maximum absolute atomic E-state index is 12.0. The fourth-order valence-electron chi connectivity index (χ4n) is 1.51. The molecule has 1 aromatic rings. The molecule has 0 aromatic carbocycles. The molecule has 1 aromatic heterocycles. The lowest BCUT2D eigenvalue weighted by Crippen LogP contribution is -2.27. The number of rotatable bonds is 9. The summed E-state index contributed by atoms with van der Waals surface area (Å²) in [6.45, 7) is 5.65. The molecule has 2 N–H and O–H groups in total. The standard InChI is InChI=1S/C12H21BrN4O2/c1-3-4-14-5-6-15-10-9-16-17(7-8-19-2)12(18)11(10)13/h9,14-15H,3-8H2,1-2H3. The van der Waals surface area contributed by atoms with Gasteiger partial charge in [-0.2, -0.15) is 5.10 Å². The van der Waals surface area contributed by atoms with Crippen molar-refractivity contribution in [3.63, 3.8) is 0 Å². The number of halogens is 1. The Kier molecular flexibility index (Phi) is 7.69. The van der Waals surface area contributed by atoms with Crippen LogP contribution in [-0.4, -0.2) is 43.1 Å². The lowest BCUT2D eigenvalue weighted by atomic mass is 10.4. The normalized spacial score (nSPS) is 10.7. The summed E-state index contributed by atoms with van der Waals surface area (Å²) in [4.78, 5) is 12.0. The van der Waals surface area contributed by atoms with E-state index in [0.29, 0.717) is 17.6 Å². The van der Waals surface area contributed by atoms with E-state index in [4.69, 9.17) is 4.74 Å². The number of ether oxygens (including phenoxy) is 1. The summed E-state index contributed by atoms with van der Waals surface area (Å²) >= 11 is 3.31. The predicted molar refractivity (Wildman–Crippen MR) is 79.7 cm³/mol. The third-order valence-electron chi connectivity index (χ3n) is 2.54. The quantitative estimate of drug-likeness (QED) is 0.662. The molecule has 0 saturated carbocycles. The fourth-order valence-corrected chi connectivity index (χ4v) is 1.96. The highest BCUT2D eigenvalue weighted by atomic mass is 79.9. The number of anilines is 1. The Bertz CT molecular complexity index is 436. The van der Waals surface area contributed by atoms with Crippen molar-refractivity contribution in [2.45, 2.75) is 19.9 Å². The third-order valence-corrected chi connectivity index (χ3v) is 3.30. The van der Waals surface area contributed by atoms with Gasteiger partial charge in [0.25, 0.3) is 5.56 Å². The van der Waals surface area contributed by atoms with Crippen LogP contribution in [0.1, 0.15) is 13.3 Å². The van der Waals surface area contributed by atoms with Crippen LogP contribution in [0.25, 0.3) is 0 Å². The zero-order valence-electron chi connectivity index (χ0n) is 11.4. The van der Waals surface area contributed by atoms with E-state index in [0.717, 1.165) is 31.7 Å². The molecule has 0 saturated heterocycles. The van der Waals surface area contributed by atoms with E-state index >= 15 is 0 Å². The number of hydrogen-bond donors (Lipinski definition) is 2. The molecule has 6 nitrogen and oxygen atoms in total. The highest BCUT2D eigenvalue weighted by Gasteiger charge is 2.07. The van der Waals surface area contributed by atoms with Gasteiger partial charge in [0, 0.05) is 20.2 Å². The molecule has 0 unspecified atom stereocenters. The zero-order chi connectivity index (χ0) is 14.1. The minimum absolute atomic E-state index is 0.149. The van der Waals surface area contributed by atoms with E-state index in [1.807, 2.05) is 0 Å². The molecule has 108 valence electrons. The van der Waals surface area contributed by atoms with Crippen LogP contribution >= 0.6 is 15.9 Å². The number of nitrogens with one attached hydrogen (secondary N) is 2. The SMILES string of the molecule is CCCNCCNc1cnn(CCOC)c(=O)c1Br. The monoisotopic (exact) mass is 332 g/mol. The Morgan fingerprint density at radius 3 is 2.89 bits per heavy atom. The van der Waals surface area contributed by atoms with Crippen molar-refractivity contribution < 1.29 is 4.74 Å². The van der Waals surface area contributed by atoms with Crippen LogP contribution in [-0.2, 0) is 11.3 Å². The van der Waals surface area contributed by atoms with E-state index in [1.54, 1.807) is 13.3 Å². The van der Waals surface area contributed by atoms with Crippen molar-refractivity contribution in [1.82, 2.24) is 15.1 Å². The van der Waals surface area contributed by atoms with Crippen LogP contribution in [0.4, 0.5) is 5.69 Å². The van der Waals surface area contributed by atoms with Gasteiger partial charge in [0.05, 0.1) is 25.0 Å². The van der Waals surface area contributed by atoms with Crippen molar-refractivity contribution in [1.29, 1.82) is 0 Å². The molecule has 1 rings (SSSR count). The van der Waals surface area contributed by atoms with Gasteiger partial charge < -0.3 is 15.4 Å². The average molecular weight is 333 g/mol. The zero-order valence-corrected chi connectivity index (χ0v) is 13.0. The molecular formula is C12H21BrN4O2. The molecule has 0 aliphatic rings. The van der Waals surface area contributed by atoms with E-state index < -0.39 is 0 Å². The maximum atomic E-state index is 12.0. The fraction of sp³-hybridized carbons (Fsp3) is 0.667. The molecule has 0 aliphatic heterocycles. The first kappa shape index (κ1) is 16.1. The molecule has 0 atom stereocenters. The van der Waals surface area contributed by atoms with Gasteiger partial charge in [-0.05, 0) is 28.9 Å². The highest BCUT2D eigenvalue weighted by molar-refractivity contribution is 9.10. The number of nitrogens with zero attached hydrogens (tertiary/aromatic N) is 2. The van der Waals surface area contributed by atoms with Crippen molar-refractivity contribution >= 4 is 21.6 Å². The molecule has 1 heterocycles. The second-order valence-corrected chi connectivity index (χ2v) is 4.86. The van der Waals surface area contributed by atoms with E-state index in [9.17, 15) is 4.79 Å². The van der Waals surface area contributed by atoms with Gasteiger partial charge in [0.1, 0.15) is 4.47 Å². The van der Waals surface area contributed by atoms with Crippen molar-refractivity contribution in [3.8, 4) is 0 Å². The molecule has 0 radical (unpaired) electrons. The Morgan fingerprint density at radius 2 is 2.21 bits per heavy atom. The summed E-state index contributed by atoms with van der Waals surface area (Å²) in [5.74, 6) is 0. The second-order valence-electron chi connectivity index (χ2n) is 4.07. The molecule has 0 aliphatic carbocycles. The Hall–Kier alpha value is -0.920. The van der Waals surface area contributed by atoms with Crippen LogP contribution < -0.4 is 16.2 Å². The van der Waals surface area contributed by atoms with Gasteiger partial charge in [-0.25, -0.2) is 4.68 Å². The van der Waals surface area contributed by atoms with Crippen molar-refractivity contribution in [2.75, 3.05) is 38.7 Å². The van der Waals surface area contributed by atoms with Gasteiger partial charge >= 0.3 is 0 Å². The average Bonchev–Trinajstić information content (AvgIpc) is 2.42. The predicted octanol–water partition coefficient (Wildman–Crippen LogP) is 1.06. The maximum Gasteiger partial charge on any atom is 0.283 e. The number of hydrogen-bond acceptors (Lipinski definition) is 5. The Labute approximate surface area is 121 Å². The topological polar surface area (TPSA) is 68.2 Å². The lowest BCUT2D eigenvalue weighted by molar-refractivity contribution is 0.181. The Balaban J connectivity index is 2.56. The van der Waals surface area contributed by atoms with Crippen LogP contribution in [0.3, 0.4) is 0 Å².